The molecule has 350 valence electrons. The van der Waals surface area contributed by atoms with Gasteiger partial charge in [0.05, 0.1) is 23.3 Å². The summed E-state index contributed by atoms with van der Waals surface area (Å²) in [6.45, 7) is 16.2. The van der Waals surface area contributed by atoms with Crippen molar-refractivity contribution in [3.8, 4) is 0 Å². The van der Waals surface area contributed by atoms with Crippen LogP contribution in [0.2, 0.25) is 0 Å². The second-order valence-corrected chi connectivity index (χ2v) is 17.6. The number of hydrogen-bond donors (Lipinski definition) is 1. The number of rotatable bonds is 0. The minimum absolute atomic E-state index is 0.206. The first kappa shape index (κ1) is 50.4. The van der Waals surface area contributed by atoms with Crippen molar-refractivity contribution in [3.05, 3.63) is 105 Å². The van der Waals surface area contributed by atoms with Crippen molar-refractivity contribution in [1.29, 1.82) is 0 Å². The van der Waals surface area contributed by atoms with Crippen molar-refractivity contribution in [2.24, 2.45) is 11.8 Å². The van der Waals surface area contributed by atoms with Gasteiger partial charge in [0, 0.05) is 0 Å². The Labute approximate surface area is 369 Å². The molecule has 0 radical (unpaired) electrons. The summed E-state index contributed by atoms with van der Waals surface area (Å²) in [5.74, 6) is -8.60. The number of aliphatic hydroxyl groups excluding tert-OH is 1. The maximum absolute atomic E-state index is 13.7. The van der Waals surface area contributed by atoms with Gasteiger partial charge in [0.2, 0.25) is 0 Å². The molecule has 2 saturated heterocycles. The van der Waals surface area contributed by atoms with E-state index in [0.29, 0.717) is 28.7 Å². The molecule has 0 saturated carbocycles. The summed E-state index contributed by atoms with van der Waals surface area (Å²) in [5, 5.41) is 10.6. The lowest BCUT2D eigenvalue weighted by Crippen LogP contribution is -2.37. The molecule has 9 unspecified atom stereocenters. The molecule has 16 heteroatoms. The fourth-order valence-electron chi connectivity index (χ4n) is 8.37. The largest absolute Gasteiger partial charge is 0.458 e. The van der Waals surface area contributed by atoms with Gasteiger partial charge in [-0.2, -0.15) is 26.3 Å². The average molecular weight is 907 g/mol. The van der Waals surface area contributed by atoms with Gasteiger partial charge in [0.15, 0.2) is 17.4 Å². The van der Waals surface area contributed by atoms with Gasteiger partial charge >= 0.3 is 24.3 Å². The van der Waals surface area contributed by atoms with Crippen LogP contribution in [0.1, 0.15) is 108 Å². The van der Waals surface area contributed by atoms with Crippen molar-refractivity contribution in [2.45, 2.75) is 149 Å². The molecule has 4 aliphatic rings. The number of aryl methyl sites for hydroxylation is 4. The Morgan fingerprint density at radius 1 is 0.594 bits per heavy atom. The van der Waals surface area contributed by atoms with E-state index in [4.69, 9.17) is 28.4 Å². The van der Waals surface area contributed by atoms with E-state index in [9.17, 15) is 45.8 Å². The summed E-state index contributed by atoms with van der Waals surface area (Å²) in [6, 6.07) is 7.09. The SMILES string of the molecule is Cc1cc(C)c2c(c1)/C=C/CC1OC(C)(C)OC1C(=O)/C=C\C(C(F)(F)F)C(C)OC2=O.Cc1cc(C)c2c(c1)/C=C/CC1OC(C)(C)OC1C(O)/C=C\C(C(F)(F)F)C(C)OC2=O. The van der Waals surface area contributed by atoms with Crippen molar-refractivity contribution < 1.29 is 74.3 Å². The van der Waals surface area contributed by atoms with E-state index in [1.165, 1.54) is 6.92 Å². The number of alkyl halides is 6. The van der Waals surface area contributed by atoms with E-state index >= 15 is 0 Å². The molecular weight excluding hydrogens is 851 g/mol. The topological polar surface area (TPSA) is 127 Å². The smallest absolute Gasteiger partial charge is 0.398 e. The van der Waals surface area contributed by atoms with Gasteiger partial charge in [-0.3, -0.25) is 4.79 Å². The van der Waals surface area contributed by atoms with E-state index < -0.39 is 96.2 Å². The number of fused-ring (bicyclic) bond motifs is 4. The molecule has 2 fully saturated rings. The number of hydrogen-bond acceptors (Lipinski definition) is 10. The molecular formula is C48H56F6O10. The Bertz CT molecular complexity index is 2180. The Kier molecular flexibility index (Phi) is 15.3. The number of carbonyl (C=O) groups is 3. The first-order valence-corrected chi connectivity index (χ1v) is 21.0. The average Bonchev–Trinajstić information content (AvgIpc) is 3.62. The fourth-order valence-corrected chi connectivity index (χ4v) is 8.37. The number of halogens is 6. The van der Waals surface area contributed by atoms with E-state index in [-0.39, 0.29) is 17.5 Å². The monoisotopic (exact) mass is 906 g/mol. The highest BCUT2D eigenvalue weighted by Gasteiger charge is 2.48. The molecule has 9 atom stereocenters. The molecule has 2 aromatic carbocycles. The molecule has 2 aromatic rings. The lowest BCUT2D eigenvalue weighted by atomic mass is 9.96. The summed E-state index contributed by atoms with van der Waals surface area (Å²) < 4.78 is 116. The van der Waals surface area contributed by atoms with Crippen LogP contribution in [0, 0.1) is 39.5 Å². The summed E-state index contributed by atoms with van der Waals surface area (Å²) in [7, 11) is 0. The zero-order valence-corrected chi connectivity index (χ0v) is 37.4. The predicted octanol–water partition coefficient (Wildman–Crippen LogP) is 9.97. The van der Waals surface area contributed by atoms with Crippen molar-refractivity contribution in [2.75, 3.05) is 0 Å². The third-order valence-corrected chi connectivity index (χ3v) is 11.1. The standard InChI is InChI=1S/C24H29F3O5.C24H27F3O5/c2*1-13-11-14(2)20-16(12-13)7-6-8-19-21(32-23(4,5)31-19)18(28)10-9-17(24(25,26)27)15(3)30-22(20)29/h6-7,9-12,15,17-19,21,28H,8H2,1-5H3;6-7,9-12,15,17,19,21H,8H2,1-5H3/b2*7-6+,10-9-. The number of aliphatic hydroxyl groups is 1. The van der Waals surface area contributed by atoms with Gasteiger partial charge in [-0.15, -0.1) is 0 Å². The summed E-state index contributed by atoms with van der Waals surface area (Å²) in [5.41, 5.74) is 4.50. The molecule has 0 bridgehead atoms. The first-order chi connectivity index (χ1) is 29.6. The van der Waals surface area contributed by atoms with Crippen LogP contribution in [0.25, 0.3) is 12.2 Å². The minimum Gasteiger partial charge on any atom is -0.458 e. The zero-order valence-electron chi connectivity index (χ0n) is 37.4. The maximum Gasteiger partial charge on any atom is 0.398 e. The highest BCUT2D eigenvalue weighted by atomic mass is 19.4. The molecule has 0 aromatic heterocycles. The molecule has 4 heterocycles. The lowest BCUT2D eigenvalue weighted by molar-refractivity contribution is -0.183. The highest BCUT2D eigenvalue weighted by Crippen LogP contribution is 2.38. The van der Waals surface area contributed by atoms with Crippen LogP contribution in [-0.4, -0.2) is 89.5 Å². The molecule has 6 rings (SSSR count). The third-order valence-electron chi connectivity index (χ3n) is 11.1. The predicted molar refractivity (Wildman–Crippen MR) is 225 cm³/mol. The van der Waals surface area contributed by atoms with E-state index in [1.807, 2.05) is 13.8 Å². The summed E-state index contributed by atoms with van der Waals surface area (Å²) in [6.07, 6.45) is -5.86. The number of ketones is 1. The summed E-state index contributed by atoms with van der Waals surface area (Å²) in [4.78, 5) is 38.4. The Hall–Kier alpha value is -4.61. The van der Waals surface area contributed by atoms with Crippen LogP contribution in [0.15, 0.2) is 60.7 Å². The summed E-state index contributed by atoms with van der Waals surface area (Å²) >= 11 is 0. The lowest BCUT2D eigenvalue weighted by Gasteiger charge is -2.26. The van der Waals surface area contributed by atoms with Crippen molar-refractivity contribution in [3.63, 3.8) is 0 Å². The quantitative estimate of drug-likeness (QED) is 0.155. The fraction of sp³-hybridized carbons (Fsp3) is 0.521. The molecule has 10 nitrogen and oxygen atoms in total. The first-order valence-electron chi connectivity index (χ1n) is 21.0. The van der Waals surface area contributed by atoms with E-state index in [0.717, 1.165) is 42.4 Å². The number of cyclic esters (lactones) is 2. The minimum atomic E-state index is -4.72. The van der Waals surface area contributed by atoms with Crippen LogP contribution < -0.4 is 0 Å². The number of benzene rings is 2. The molecule has 64 heavy (non-hydrogen) atoms. The van der Waals surface area contributed by atoms with Crippen LogP contribution in [0.3, 0.4) is 0 Å². The van der Waals surface area contributed by atoms with Gasteiger partial charge in [0.25, 0.3) is 0 Å². The number of ether oxygens (including phenoxy) is 6. The zero-order chi connectivity index (χ0) is 47.7. The Balaban J connectivity index is 0.000000241. The number of carbonyl (C=O) groups excluding carboxylic acids is 3. The van der Waals surface area contributed by atoms with Crippen LogP contribution in [-0.2, 0) is 33.2 Å². The molecule has 0 spiro atoms. The molecule has 0 amide bonds. The second kappa shape index (κ2) is 19.5. The van der Waals surface area contributed by atoms with Crippen LogP contribution in [0.4, 0.5) is 26.3 Å². The second-order valence-electron chi connectivity index (χ2n) is 17.6. The molecule has 4 aliphatic heterocycles. The Morgan fingerprint density at radius 3 is 1.52 bits per heavy atom. The van der Waals surface area contributed by atoms with Crippen LogP contribution in [0.5, 0.6) is 0 Å². The third kappa shape index (κ3) is 12.4. The Morgan fingerprint density at radius 2 is 1.03 bits per heavy atom. The normalized spacial score (nSPS) is 31.8. The van der Waals surface area contributed by atoms with Crippen LogP contribution >= 0.6 is 0 Å². The van der Waals surface area contributed by atoms with Gasteiger partial charge in [0.1, 0.15) is 42.4 Å². The van der Waals surface area contributed by atoms with Gasteiger partial charge < -0.3 is 33.5 Å². The van der Waals surface area contributed by atoms with Crippen molar-refractivity contribution in [1.82, 2.24) is 0 Å². The highest BCUT2D eigenvalue weighted by molar-refractivity contribution is 5.97. The number of esters is 2. The van der Waals surface area contributed by atoms with Gasteiger partial charge in [-0.25, -0.2) is 9.59 Å². The van der Waals surface area contributed by atoms with Gasteiger partial charge in [-0.1, -0.05) is 77.9 Å². The van der Waals surface area contributed by atoms with E-state index in [1.54, 1.807) is 90.1 Å². The van der Waals surface area contributed by atoms with Gasteiger partial charge in [-0.05, 0) is 110 Å². The molecule has 0 aliphatic carbocycles. The maximum atomic E-state index is 13.7. The molecule has 1 N–H and O–H groups in total. The van der Waals surface area contributed by atoms with E-state index in [2.05, 4.69) is 0 Å². The van der Waals surface area contributed by atoms with Crippen molar-refractivity contribution >= 4 is 29.9 Å².